The van der Waals surface area contributed by atoms with E-state index in [-0.39, 0.29) is 35.8 Å². The maximum Gasteiger partial charge on any atom is 0.262 e. The molecule has 0 aromatic heterocycles. The molecule has 8 heteroatoms. The molecule has 168 valence electrons. The molecule has 2 amide bonds. The van der Waals surface area contributed by atoms with Crippen molar-refractivity contribution in [2.24, 2.45) is 5.92 Å². The molecule has 0 aliphatic carbocycles. The number of rotatable bonds is 7. The Labute approximate surface area is 185 Å². The van der Waals surface area contributed by atoms with E-state index in [4.69, 9.17) is 14.2 Å². The normalized spacial score (nSPS) is 16.2. The lowest BCUT2D eigenvalue weighted by Crippen LogP contribution is -2.52. The maximum absolute atomic E-state index is 14.4. The monoisotopic (exact) mass is 440 g/mol. The Hall–Kier alpha value is -3.55. The predicted octanol–water partition coefficient (Wildman–Crippen LogP) is 3.57. The number of nitrogens with one attached hydrogen (secondary N) is 1. The molecule has 0 spiro atoms. The minimum Gasteiger partial charge on any atom is -0.493 e. The second kappa shape index (κ2) is 8.90. The molecular formula is C24H25FN2O5. The molecule has 1 unspecified atom stereocenters. The second-order valence-electron chi connectivity index (χ2n) is 8.04. The number of likely N-dealkylation sites (tertiary alicyclic amines) is 1. The fraction of sp³-hybridized carbons (Fsp3) is 0.333. The van der Waals surface area contributed by atoms with Crippen LogP contribution in [0.4, 0.5) is 10.1 Å². The van der Waals surface area contributed by atoms with Crippen molar-refractivity contribution in [3.8, 4) is 17.2 Å². The van der Waals surface area contributed by atoms with Gasteiger partial charge in [0.05, 0.1) is 17.9 Å². The van der Waals surface area contributed by atoms with Crippen LogP contribution in [0, 0.1) is 18.7 Å². The van der Waals surface area contributed by atoms with Crippen molar-refractivity contribution in [1.82, 2.24) is 4.90 Å². The average Bonchev–Trinajstić information content (AvgIpc) is 2.74. The number of hydrogen-bond acceptors (Lipinski definition) is 5. The van der Waals surface area contributed by atoms with Crippen molar-refractivity contribution in [2.75, 3.05) is 31.6 Å². The van der Waals surface area contributed by atoms with Crippen molar-refractivity contribution in [3.63, 3.8) is 0 Å². The zero-order valence-corrected chi connectivity index (χ0v) is 18.0. The Morgan fingerprint density at radius 2 is 2.16 bits per heavy atom. The van der Waals surface area contributed by atoms with Crippen LogP contribution in [0.5, 0.6) is 17.2 Å². The van der Waals surface area contributed by atoms with E-state index in [1.807, 2.05) is 32.0 Å². The van der Waals surface area contributed by atoms with E-state index in [2.05, 4.69) is 11.9 Å². The van der Waals surface area contributed by atoms with Crippen LogP contribution in [-0.2, 0) is 4.79 Å². The molecule has 0 bridgehead atoms. The molecule has 2 heterocycles. The van der Waals surface area contributed by atoms with E-state index in [0.717, 1.165) is 17.4 Å². The highest BCUT2D eigenvalue weighted by Gasteiger charge is 2.34. The first kappa shape index (κ1) is 21.7. The third-order valence-corrected chi connectivity index (χ3v) is 5.47. The quantitative estimate of drug-likeness (QED) is 0.666. The van der Waals surface area contributed by atoms with Gasteiger partial charge in [0.1, 0.15) is 29.2 Å². The second-order valence-corrected chi connectivity index (χ2v) is 8.04. The van der Waals surface area contributed by atoms with Gasteiger partial charge in [-0.3, -0.25) is 9.59 Å². The number of ether oxygens (including phenoxy) is 3. The van der Waals surface area contributed by atoms with E-state index < -0.39 is 11.7 Å². The van der Waals surface area contributed by atoms with Crippen LogP contribution in [0.25, 0.3) is 0 Å². The summed E-state index contributed by atoms with van der Waals surface area (Å²) in [5.41, 5.74) is 1.21. The molecule has 1 saturated heterocycles. The summed E-state index contributed by atoms with van der Waals surface area (Å²) in [7, 11) is 0. The molecule has 2 aromatic carbocycles. The van der Waals surface area contributed by atoms with Gasteiger partial charge in [-0.25, -0.2) is 4.39 Å². The minimum atomic E-state index is -0.675. The molecule has 2 aromatic rings. The van der Waals surface area contributed by atoms with Gasteiger partial charge in [0.25, 0.3) is 11.8 Å². The first-order valence-electron chi connectivity index (χ1n) is 10.4. The Bertz CT molecular complexity index is 1060. The molecule has 0 saturated carbocycles. The summed E-state index contributed by atoms with van der Waals surface area (Å²) >= 11 is 0. The molecule has 1 atom stereocenters. The van der Waals surface area contributed by atoms with Gasteiger partial charge >= 0.3 is 0 Å². The third-order valence-electron chi connectivity index (χ3n) is 5.47. The van der Waals surface area contributed by atoms with Crippen LogP contribution in [0.2, 0.25) is 0 Å². The van der Waals surface area contributed by atoms with Gasteiger partial charge in [-0.1, -0.05) is 18.7 Å². The largest absolute Gasteiger partial charge is 0.493 e. The molecule has 1 N–H and O–H groups in total. The van der Waals surface area contributed by atoms with E-state index >= 15 is 0 Å². The van der Waals surface area contributed by atoms with Crippen molar-refractivity contribution < 1.29 is 28.2 Å². The average molecular weight is 440 g/mol. The predicted molar refractivity (Wildman–Crippen MR) is 117 cm³/mol. The zero-order chi connectivity index (χ0) is 22.8. The molecule has 7 nitrogen and oxygen atoms in total. The van der Waals surface area contributed by atoms with Crippen LogP contribution >= 0.6 is 0 Å². The molecule has 32 heavy (non-hydrogen) atoms. The van der Waals surface area contributed by atoms with E-state index in [0.29, 0.717) is 31.1 Å². The molecule has 2 aliphatic heterocycles. The Balaban J connectivity index is 1.33. The number of anilines is 1. The lowest BCUT2D eigenvalue weighted by atomic mass is 9.99. The van der Waals surface area contributed by atoms with Crippen molar-refractivity contribution in [3.05, 3.63) is 59.9 Å². The number of hydrogen-bond donors (Lipinski definition) is 1. The fourth-order valence-electron chi connectivity index (χ4n) is 3.54. The summed E-state index contributed by atoms with van der Waals surface area (Å²) in [5, 5.41) is 2.59. The molecule has 2 aliphatic rings. The van der Waals surface area contributed by atoms with Gasteiger partial charge in [-0.15, -0.1) is 0 Å². The van der Waals surface area contributed by atoms with E-state index in [9.17, 15) is 14.0 Å². The van der Waals surface area contributed by atoms with Crippen LogP contribution in [0.15, 0.2) is 43.0 Å². The van der Waals surface area contributed by atoms with Crippen LogP contribution in [0.1, 0.15) is 22.8 Å². The van der Waals surface area contributed by atoms with Crippen LogP contribution < -0.4 is 19.5 Å². The van der Waals surface area contributed by atoms with Gasteiger partial charge in [-0.05, 0) is 31.5 Å². The van der Waals surface area contributed by atoms with Crippen LogP contribution in [-0.4, -0.2) is 49.1 Å². The highest BCUT2D eigenvalue weighted by Crippen LogP contribution is 2.32. The maximum atomic E-state index is 14.4. The summed E-state index contributed by atoms with van der Waals surface area (Å²) in [6.07, 6.45) is 1.61. The number of carbonyl (C=O) groups is 2. The first-order valence-corrected chi connectivity index (χ1v) is 10.4. The summed E-state index contributed by atoms with van der Waals surface area (Å²) in [6.45, 7) is 8.77. The fourth-order valence-corrected chi connectivity index (χ4v) is 3.54. The zero-order valence-electron chi connectivity index (χ0n) is 18.0. The minimum absolute atomic E-state index is 0.0921. The molecule has 0 radical (unpaired) electrons. The Morgan fingerprint density at radius 1 is 1.38 bits per heavy atom. The Kier molecular flexibility index (Phi) is 6.03. The molecule has 4 rings (SSSR count). The summed E-state index contributed by atoms with van der Waals surface area (Å²) in [4.78, 5) is 25.8. The summed E-state index contributed by atoms with van der Waals surface area (Å²) in [6, 6.07) is 8.11. The van der Waals surface area contributed by atoms with Gasteiger partial charge in [0.2, 0.25) is 0 Å². The van der Waals surface area contributed by atoms with Crippen molar-refractivity contribution >= 4 is 17.5 Å². The topological polar surface area (TPSA) is 77.1 Å². The summed E-state index contributed by atoms with van der Waals surface area (Å²) < 4.78 is 31.3. The number of aryl methyl sites for hydroxylation is 1. The number of benzene rings is 2. The SMILES string of the molecule is C=CC(C)Oc1cc(OCC2CN(C(=O)c3cc4c(cc3F)OCC(=O)N4)C2)ccc1C. The highest BCUT2D eigenvalue weighted by atomic mass is 19.1. The smallest absolute Gasteiger partial charge is 0.262 e. The van der Waals surface area contributed by atoms with Gasteiger partial charge in [0.15, 0.2) is 6.61 Å². The molecular weight excluding hydrogens is 415 g/mol. The number of amides is 2. The number of halogens is 1. The van der Waals surface area contributed by atoms with Gasteiger partial charge < -0.3 is 24.4 Å². The number of fused-ring (bicyclic) bond motifs is 1. The Morgan fingerprint density at radius 3 is 2.91 bits per heavy atom. The van der Waals surface area contributed by atoms with Gasteiger partial charge in [0, 0.05) is 31.1 Å². The standard InChI is InChI=1S/C24H25FN2O5/c1-4-15(3)32-21-7-17(6-5-14(21)2)30-12-16-10-27(11-16)24(29)18-8-20-22(9-19(18)25)31-13-23(28)26-20/h4-9,15-16H,1,10-13H2,2-3H3,(H,26,28). The summed E-state index contributed by atoms with van der Waals surface area (Å²) in [5.74, 6) is 0.337. The van der Waals surface area contributed by atoms with Crippen molar-refractivity contribution in [2.45, 2.75) is 20.0 Å². The lowest BCUT2D eigenvalue weighted by Gasteiger charge is -2.39. The first-order chi connectivity index (χ1) is 15.3. The lowest BCUT2D eigenvalue weighted by molar-refractivity contribution is -0.118. The van der Waals surface area contributed by atoms with E-state index in [1.165, 1.54) is 6.07 Å². The van der Waals surface area contributed by atoms with Crippen molar-refractivity contribution in [1.29, 1.82) is 0 Å². The molecule has 1 fully saturated rings. The third kappa shape index (κ3) is 4.54. The van der Waals surface area contributed by atoms with E-state index in [1.54, 1.807) is 11.0 Å². The number of nitrogens with zero attached hydrogens (tertiary/aromatic N) is 1. The van der Waals surface area contributed by atoms with Gasteiger partial charge in [-0.2, -0.15) is 0 Å². The number of carbonyl (C=O) groups excluding carboxylic acids is 2. The van der Waals surface area contributed by atoms with Crippen LogP contribution in [0.3, 0.4) is 0 Å². The highest BCUT2D eigenvalue weighted by molar-refractivity contribution is 6.00.